The molecule has 3 aromatic rings. The van der Waals surface area contributed by atoms with Gasteiger partial charge in [0.05, 0.1) is 11.1 Å². The molecule has 0 atom stereocenters. The summed E-state index contributed by atoms with van der Waals surface area (Å²) >= 11 is 2.80. The second-order valence-electron chi connectivity index (χ2n) is 7.19. The highest BCUT2D eigenvalue weighted by molar-refractivity contribution is 7.99. The molecule has 0 unspecified atom stereocenters. The molecule has 3 rings (SSSR count). The standard InChI is InChI=1S/C22H25N3O2S2/c1-5-11-25-21(27)18-15(4)19(16-9-7-6-8-10-16)29-20(18)24-22(25)28-13-17(26)23-12-14(2)3/h5-10,14H,1,11-13H2,2-4H3,(H,23,26). The first-order valence-corrected chi connectivity index (χ1v) is 11.3. The van der Waals surface area contributed by atoms with Crippen molar-refractivity contribution in [3.05, 3.63) is 58.9 Å². The Morgan fingerprint density at radius 3 is 2.72 bits per heavy atom. The molecule has 0 saturated heterocycles. The van der Waals surface area contributed by atoms with Crippen molar-refractivity contribution in [3.8, 4) is 10.4 Å². The van der Waals surface area contributed by atoms with E-state index < -0.39 is 0 Å². The smallest absolute Gasteiger partial charge is 0.263 e. The lowest BCUT2D eigenvalue weighted by Crippen LogP contribution is -2.29. The maximum atomic E-state index is 13.2. The predicted octanol–water partition coefficient (Wildman–Crippen LogP) is 4.48. The van der Waals surface area contributed by atoms with Gasteiger partial charge < -0.3 is 5.32 Å². The van der Waals surface area contributed by atoms with E-state index in [1.54, 1.807) is 10.6 Å². The van der Waals surface area contributed by atoms with Crippen molar-refractivity contribution in [1.82, 2.24) is 14.9 Å². The molecular weight excluding hydrogens is 402 g/mol. The molecule has 1 aromatic carbocycles. The number of thioether (sulfide) groups is 1. The number of carbonyl (C=O) groups is 1. The monoisotopic (exact) mass is 427 g/mol. The third kappa shape index (κ3) is 4.79. The number of thiophene rings is 1. The van der Waals surface area contributed by atoms with Crippen LogP contribution in [0.4, 0.5) is 0 Å². The fourth-order valence-electron chi connectivity index (χ4n) is 2.96. The van der Waals surface area contributed by atoms with Crippen LogP contribution in [0.25, 0.3) is 20.7 Å². The lowest BCUT2D eigenvalue weighted by Gasteiger charge is -2.11. The summed E-state index contributed by atoms with van der Waals surface area (Å²) < 4.78 is 1.60. The van der Waals surface area contributed by atoms with Crippen LogP contribution in [-0.2, 0) is 11.3 Å². The Kier molecular flexibility index (Phi) is 6.92. The van der Waals surface area contributed by atoms with E-state index in [1.165, 1.54) is 23.1 Å². The highest BCUT2D eigenvalue weighted by atomic mass is 32.2. The summed E-state index contributed by atoms with van der Waals surface area (Å²) in [5, 5.41) is 4.09. The second kappa shape index (κ2) is 9.41. The molecule has 0 bridgehead atoms. The Morgan fingerprint density at radius 2 is 2.07 bits per heavy atom. The number of allylic oxidation sites excluding steroid dienone is 1. The van der Waals surface area contributed by atoms with E-state index in [0.717, 1.165) is 16.0 Å². The van der Waals surface area contributed by atoms with Crippen molar-refractivity contribution in [2.45, 2.75) is 32.5 Å². The Bertz CT molecular complexity index is 1080. The van der Waals surface area contributed by atoms with Gasteiger partial charge in [0.1, 0.15) is 4.83 Å². The summed E-state index contributed by atoms with van der Waals surface area (Å²) in [6.07, 6.45) is 1.68. The maximum absolute atomic E-state index is 13.2. The molecule has 0 aliphatic heterocycles. The number of amides is 1. The van der Waals surface area contributed by atoms with Crippen LogP contribution in [0.5, 0.6) is 0 Å². The number of benzene rings is 1. The van der Waals surface area contributed by atoms with E-state index in [0.29, 0.717) is 34.4 Å². The van der Waals surface area contributed by atoms with E-state index in [2.05, 4.69) is 11.9 Å². The number of aromatic nitrogens is 2. The number of hydrogen-bond donors (Lipinski definition) is 1. The summed E-state index contributed by atoms with van der Waals surface area (Å²) in [5.74, 6) is 0.552. The highest BCUT2D eigenvalue weighted by Gasteiger charge is 2.19. The quantitative estimate of drug-likeness (QED) is 0.327. The summed E-state index contributed by atoms with van der Waals surface area (Å²) in [5.41, 5.74) is 1.93. The van der Waals surface area contributed by atoms with Crippen molar-refractivity contribution in [1.29, 1.82) is 0 Å². The molecule has 2 aromatic heterocycles. The fraction of sp³-hybridized carbons (Fsp3) is 0.318. The van der Waals surface area contributed by atoms with Gasteiger partial charge in [0.25, 0.3) is 5.56 Å². The molecule has 1 amide bonds. The minimum Gasteiger partial charge on any atom is -0.355 e. The van der Waals surface area contributed by atoms with E-state index in [-0.39, 0.29) is 17.2 Å². The van der Waals surface area contributed by atoms with E-state index >= 15 is 0 Å². The average Bonchev–Trinajstić information content (AvgIpc) is 3.04. The van der Waals surface area contributed by atoms with Crippen LogP contribution in [0, 0.1) is 12.8 Å². The van der Waals surface area contributed by atoms with Crippen molar-refractivity contribution in [2.24, 2.45) is 5.92 Å². The highest BCUT2D eigenvalue weighted by Crippen LogP contribution is 2.36. The van der Waals surface area contributed by atoms with Crippen molar-refractivity contribution in [2.75, 3.05) is 12.3 Å². The van der Waals surface area contributed by atoms with E-state index in [4.69, 9.17) is 4.98 Å². The minimum absolute atomic E-state index is 0.0597. The van der Waals surface area contributed by atoms with Gasteiger partial charge in [-0.15, -0.1) is 17.9 Å². The Morgan fingerprint density at radius 1 is 1.34 bits per heavy atom. The normalized spacial score (nSPS) is 11.2. The summed E-state index contributed by atoms with van der Waals surface area (Å²) in [6.45, 7) is 10.8. The molecule has 152 valence electrons. The number of nitrogens with zero attached hydrogens (tertiary/aromatic N) is 2. The molecule has 2 heterocycles. The van der Waals surface area contributed by atoms with Crippen molar-refractivity contribution >= 4 is 39.2 Å². The first-order valence-electron chi connectivity index (χ1n) is 9.52. The third-order valence-corrected chi connectivity index (χ3v) is 6.61. The molecule has 0 radical (unpaired) electrons. The molecule has 1 N–H and O–H groups in total. The van der Waals surface area contributed by atoms with Gasteiger partial charge in [-0.2, -0.15) is 0 Å². The molecular formula is C22H25N3O2S2. The first kappa shape index (κ1) is 21.3. The van der Waals surface area contributed by atoms with Crippen LogP contribution < -0.4 is 10.9 Å². The van der Waals surface area contributed by atoms with Gasteiger partial charge in [-0.3, -0.25) is 14.2 Å². The van der Waals surface area contributed by atoms with Gasteiger partial charge in [0.2, 0.25) is 5.91 Å². The number of nitrogens with one attached hydrogen (secondary N) is 1. The Labute approximate surface area is 178 Å². The number of rotatable bonds is 8. The molecule has 0 aliphatic rings. The van der Waals surface area contributed by atoms with Crippen LogP contribution in [0.2, 0.25) is 0 Å². The number of hydrogen-bond acceptors (Lipinski definition) is 5. The third-order valence-electron chi connectivity index (χ3n) is 4.40. The van der Waals surface area contributed by atoms with Crippen LogP contribution >= 0.6 is 23.1 Å². The van der Waals surface area contributed by atoms with E-state index in [9.17, 15) is 9.59 Å². The van der Waals surface area contributed by atoms with Gasteiger partial charge in [-0.25, -0.2) is 4.98 Å². The van der Waals surface area contributed by atoms with Crippen molar-refractivity contribution in [3.63, 3.8) is 0 Å². The SMILES string of the molecule is C=CCn1c(SCC(=O)NCC(C)C)nc2sc(-c3ccccc3)c(C)c2c1=O. The second-order valence-corrected chi connectivity index (χ2v) is 9.13. The zero-order valence-corrected chi connectivity index (χ0v) is 18.5. The summed E-state index contributed by atoms with van der Waals surface area (Å²) in [6, 6.07) is 10.0. The van der Waals surface area contributed by atoms with Gasteiger partial charge in [0, 0.05) is 18.0 Å². The molecule has 7 heteroatoms. The van der Waals surface area contributed by atoms with Crippen LogP contribution in [0.3, 0.4) is 0 Å². The number of fused-ring (bicyclic) bond motifs is 1. The molecule has 29 heavy (non-hydrogen) atoms. The van der Waals surface area contributed by atoms with Gasteiger partial charge in [0.15, 0.2) is 5.16 Å². The Balaban J connectivity index is 1.99. The van der Waals surface area contributed by atoms with Gasteiger partial charge >= 0.3 is 0 Å². The topological polar surface area (TPSA) is 64.0 Å². The lowest BCUT2D eigenvalue weighted by atomic mass is 10.1. The predicted molar refractivity (Wildman–Crippen MR) is 123 cm³/mol. The van der Waals surface area contributed by atoms with Crippen LogP contribution in [-0.4, -0.2) is 27.8 Å². The molecule has 0 fully saturated rings. The lowest BCUT2D eigenvalue weighted by molar-refractivity contribution is -0.118. The Hall–Kier alpha value is -2.38. The van der Waals surface area contributed by atoms with Crippen LogP contribution in [0.15, 0.2) is 52.9 Å². The maximum Gasteiger partial charge on any atom is 0.263 e. The average molecular weight is 428 g/mol. The summed E-state index contributed by atoms with van der Waals surface area (Å²) in [4.78, 5) is 31.8. The molecule has 0 aliphatic carbocycles. The molecule has 0 saturated carbocycles. The largest absolute Gasteiger partial charge is 0.355 e. The number of aryl methyl sites for hydroxylation is 1. The zero-order valence-electron chi connectivity index (χ0n) is 16.9. The first-order chi connectivity index (χ1) is 13.9. The van der Waals surface area contributed by atoms with Gasteiger partial charge in [-0.1, -0.05) is 62.0 Å². The summed E-state index contributed by atoms with van der Waals surface area (Å²) in [7, 11) is 0. The fourth-order valence-corrected chi connectivity index (χ4v) is 5.03. The number of carbonyl (C=O) groups excluding carboxylic acids is 1. The molecule has 0 spiro atoms. The van der Waals surface area contributed by atoms with Crippen molar-refractivity contribution < 1.29 is 4.79 Å². The zero-order chi connectivity index (χ0) is 21.0. The van der Waals surface area contributed by atoms with E-state index in [1.807, 2.05) is 51.1 Å². The minimum atomic E-state index is -0.0871. The van der Waals surface area contributed by atoms with Gasteiger partial charge in [-0.05, 0) is 24.0 Å². The van der Waals surface area contributed by atoms with Crippen LogP contribution in [0.1, 0.15) is 19.4 Å². The molecule has 5 nitrogen and oxygen atoms in total.